The Labute approximate surface area is 99.2 Å². The van der Waals surface area contributed by atoms with Gasteiger partial charge in [-0.2, -0.15) is 0 Å². The Kier molecular flexibility index (Phi) is 2.37. The highest BCUT2D eigenvalue weighted by molar-refractivity contribution is 5.74. The molecule has 0 saturated carbocycles. The molecule has 0 unspecified atom stereocenters. The maximum atomic E-state index is 9.51. The van der Waals surface area contributed by atoms with Crippen molar-refractivity contribution in [2.75, 3.05) is 13.2 Å². The largest absolute Gasteiger partial charge is 0.508 e. The van der Waals surface area contributed by atoms with Gasteiger partial charge in [0.2, 0.25) is 0 Å². The molecule has 0 saturated heterocycles. The van der Waals surface area contributed by atoms with Gasteiger partial charge in [-0.05, 0) is 23.8 Å². The third-order valence-electron chi connectivity index (χ3n) is 2.72. The Balaban J connectivity index is 2.14. The fraction of sp³-hybridized carbons (Fsp3) is 0.143. The van der Waals surface area contributed by atoms with E-state index in [2.05, 4.69) is 0 Å². The van der Waals surface area contributed by atoms with Crippen molar-refractivity contribution in [2.45, 2.75) is 0 Å². The number of aromatic hydroxyl groups is 1. The molecule has 1 heterocycles. The summed E-state index contributed by atoms with van der Waals surface area (Å²) >= 11 is 0. The van der Waals surface area contributed by atoms with Crippen LogP contribution in [-0.2, 0) is 0 Å². The zero-order valence-electron chi connectivity index (χ0n) is 9.22. The van der Waals surface area contributed by atoms with Crippen LogP contribution in [0.4, 0.5) is 0 Å². The van der Waals surface area contributed by atoms with Crippen LogP contribution in [-0.4, -0.2) is 18.3 Å². The average molecular weight is 228 g/mol. The summed E-state index contributed by atoms with van der Waals surface area (Å²) < 4.78 is 11.2. The van der Waals surface area contributed by atoms with Gasteiger partial charge in [-0.1, -0.05) is 24.3 Å². The number of fused-ring (bicyclic) bond motifs is 1. The number of phenols is 1. The van der Waals surface area contributed by atoms with Gasteiger partial charge in [-0.15, -0.1) is 0 Å². The third-order valence-corrected chi connectivity index (χ3v) is 2.72. The SMILES string of the molecule is Oc1cccc(-c2cccc3c2OCCO3)c1. The highest BCUT2D eigenvalue weighted by Crippen LogP contribution is 2.40. The van der Waals surface area contributed by atoms with Crippen molar-refractivity contribution in [3.8, 4) is 28.4 Å². The van der Waals surface area contributed by atoms with Gasteiger partial charge in [0.05, 0.1) is 0 Å². The highest BCUT2D eigenvalue weighted by atomic mass is 16.6. The van der Waals surface area contributed by atoms with Gasteiger partial charge in [-0.3, -0.25) is 0 Å². The number of ether oxygens (including phenoxy) is 2. The van der Waals surface area contributed by atoms with Gasteiger partial charge in [-0.25, -0.2) is 0 Å². The van der Waals surface area contributed by atoms with Crippen LogP contribution < -0.4 is 9.47 Å². The first-order valence-corrected chi connectivity index (χ1v) is 5.52. The van der Waals surface area contributed by atoms with Crippen LogP contribution in [0.1, 0.15) is 0 Å². The van der Waals surface area contributed by atoms with Crippen LogP contribution in [0.3, 0.4) is 0 Å². The number of benzene rings is 2. The minimum atomic E-state index is 0.247. The fourth-order valence-corrected chi connectivity index (χ4v) is 1.97. The summed E-state index contributed by atoms with van der Waals surface area (Å²) in [5.41, 5.74) is 1.87. The van der Waals surface area contributed by atoms with Crippen LogP contribution >= 0.6 is 0 Å². The summed E-state index contributed by atoms with van der Waals surface area (Å²) in [4.78, 5) is 0. The zero-order chi connectivity index (χ0) is 11.7. The van der Waals surface area contributed by atoms with E-state index in [9.17, 15) is 5.11 Å². The smallest absolute Gasteiger partial charge is 0.169 e. The molecule has 0 aliphatic carbocycles. The monoisotopic (exact) mass is 228 g/mol. The number of hydrogen-bond donors (Lipinski definition) is 1. The molecule has 3 nitrogen and oxygen atoms in total. The van der Waals surface area contributed by atoms with Crippen molar-refractivity contribution in [1.29, 1.82) is 0 Å². The minimum Gasteiger partial charge on any atom is -0.508 e. The second kappa shape index (κ2) is 4.01. The lowest BCUT2D eigenvalue weighted by Crippen LogP contribution is -2.15. The molecule has 1 aliphatic rings. The molecule has 3 rings (SSSR count). The second-order valence-corrected chi connectivity index (χ2v) is 3.88. The van der Waals surface area contributed by atoms with Crippen LogP contribution in [0, 0.1) is 0 Å². The van der Waals surface area contributed by atoms with Crippen molar-refractivity contribution in [3.63, 3.8) is 0 Å². The molecule has 0 fully saturated rings. The molecular weight excluding hydrogens is 216 g/mol. The molecule has 3 heteroatoms. The Morgan fingerprint density at radius 3 is 2.65 bits per heavy atom. The molecular formula is C14H12O3. The molecule has 0 radical (unpaired) electrons. The molecule has 0 bridgehead atoms. The summed E-state index contributed by atoms with van der Waals surface area (Å²) in [5, 5.41) is 9.51. The van der Waals surface area contributed by atoms with Crippen molar-refractivity contribution in [1.82, 2.24) is 0 Å². The maximum absolute atomic E-state index is 9.51. The summed E-state index contributed by atoms with van der Waals surface area (Å²) in [7, 11) is 0. The van der Waals surface area contributed by atoms with Gasteiger partial charge < -0.3 is 14.6 Å². The van der Waals surface area contributed by atoms with E-state index in [-0.39, 0.29) is 5.75 Å². The molecule has 17 heavy (non-hydrogen) atoms. The normalized spacial score (nSPS) is 13.4. The molecule has 1 N–H and O–H groups in total. The van der Waals surface area contributed by atoms with E-state index in [0.717, 1.165) is 22.6 Å². The van der Waals surface area contributed by atoms with E-state index in [0.29, 0.717) is 13.2 Å². The van der Waals surface area contributed by atoms with E-state index < -0.39 is 0 Å². The van der Waals surface area contributed by atoms with Crippen LogP contribution in [0.15, 0.2) is 42.5 Å². The van der Waals surface area contributed by atoms with Gasteiger partial charge in [0.25, 0.3) is 0 Å². The molecule has 0 amide bonds. The van der Waals surface area contributed by atoms with E-state index in [1.54, 1.807) is 12.1 Å². The number of phenolic OH excluding ortho intramolecular Hbond substituents is 1. The quantitative estimate of drug-likeness (QED) is 0.815. The minimum absolute atomic E-state index is 0.247. The first-order chi connectivity index (χ1) is 8.34. The van der Waals surface area contributed by atoms with Crippen molar-refractivity contribution in [2.24, 2.45) is 0 Å². The number of rotatable bonds is 1. The van der Waals surface area contributed by atoms with Crippen molar-refractivity contribution < 1.29 is 14.6 Å². The molecule has 0 atom stereocenters. The van der Waals surface area contributed by atoms with E-state index >= 15 is 0 Å². The lowest BCUT2D eigenvalue weighted by Gasteiger charge is -2.21. The van der Waals surface area contributed by atoms with Gasteiger partial charge in [0, 0.05) is 5.56 Å². The zero-order valence-corrected chi connectivity index (χ0v) is 9.22. The van der Waals surface area contributed by atoms with E-state index in [1.807, 2.05) is 30.3 Å². The van der Waals surface area contributed by atoms with Crippen LogP contribution in [0.2, 0.25) is 0 Å². The maximum Gasteiger partial charge on any atom is 0.169 e. The summed E-state index contributed by atoms with van der Waals surface area (Å²) in [5.74, 6) is 1.76. The third kappa shape index (κ3) is 1.80. The molecule has 2 aromatic carbocycles. The Morgan fingerprint density at radius 1 is 0.941 bits per heavy atom. The average Bonchev–Trinajstić information content (AvgIpc) is 2.38. The van der Waals surface area contributed by atoms with Gasteiger partial charge in [0.15, 0.2) is 11.5 Å². The summed E-state index contributed by atoms with van der Waals surface area (Å²) in [6.07, 6.45) is 0. The Morgan fingerprint density at radius 2 is 1.76 bits per heavy atom. The molecule has 86 valence electrons. The van der Waals surface area contributed by atoms with Crippen molar-refractivity contribution >= 4 is 0 Å². The fourth-order valence-electron chi connectivity index (χ4n) is 1.97. The van der Waals surface area contributed by atoms with Crippen LogP contribution in [0.5, 0.6) is 17.2 Å². The first kappa shape index (κ1) is 10.0. The molecule has 0 spiro atoms. The van der Waals surface area contributed by atoms with Crippen molar-refractivity contribution in [3.05, 3.63) is 42.5 Å². The predicted molar refractivity (Wildman–Crippen MR) is 64.5 cm³/mol. The topological polar surface area (TPSA) is 38.7 Å². The van der Waals surface area contributed by atoms with Gasteiger partial charge in [0.1, 0.15) is 19.0 Å². The second-order valence-electron chi connectivity index (χ2n) is 3.88. The number of hydrogen-bond acceptors (Lipinski definition) is 3. The Bertz CT molecular complexity index is 549. The van der Waals surface area contributed by atoms with Crippen LogP contribution in [0.25, 0.3) is 11.1 Å². The van der Waals surface area contributed by atoms with Gasteiger partial charge >= 0.3 is 0 Å². The molecule has 2 aromatic rings. The Hall–Kier alpha value is -2.16. The number of para-hydroxylation sites is 1. The standard InChI is InChI=1S/C14H12O3/c15-11-4-1-3-10(9-11)12-5-2-6-13-14(12)17-8-7-16-13/h1-6,9,15H,7-8H2. The molecule has 1 aliphatic heterocycles. The summed E-state index contributed by atoms with van der Waals surface area (Å²) in [6, 6.07) is 12.9. The lowest BCUT2D eigenvalue weighted by atomic mass is 10.0. The first-order valence-electron chi connectivity index (χ1n) is 5.52. The molecule has 0 aromatic heterocycles. The lowest BCUT2D eigenvalue weighted by molar-refractivity contribution is 0.172. The predicted octanol–water partition coefficient (Wildman–Crippen LogP) is 2.83. The summed E-state index contributed by atoms with van der Waals surface area (Å²) in [6.45, 7) is 1.14. The van der Waals surface area contributed by atoms with E-state index in [4.69, 9.17) is 9.47 Å². The van der Waals surface area contributed by atoms with E-state index in [1.165, 1.54) is 0 Å². The highest BCUT2D eigenvalue weighted by Gasteiger charge is 2.16.